The molecule has 22 heavy (non-hydrogen) atoms. The van der Waals surface area contributed by atoms with Crippen LogP contribution in [0.25, 0.3) is 0 Å². The maximum atomic E-state index is 12.1. The average molecular weight is 363 g/mol. The van der Waals surface area contributed by atoms with Crippen molar-refractivity contribution in [2.24, 2.45) is 4.99 Å². The Hall–Kier alpha value is -1.65. The summed E-state index contributed by atoms with van der Waals surface area (Å²) in [5.74, 6) is -0.0701. The first-order valence-corrected chi connectivity index (χ1v) is 7.21. The highest BCUT2D eigenvalue weighted by Gasteiger charge is 2.14. The molecule has 0 aliphatic carbocycles. The molecule has 0 amide bonds. The minimum Gasteiger partial charge on any atom is -0.858 e. The number of benzene rings is 2. The predicted octanol–water partition coefficient (Wildman–Crippen LogP) is 2.97. The molecule has 2 rings (SSSR count). The van der Waals surface area contributed by atoms with Crippen molar-refractivity contribution in [3.05, 3.63) is 66.2 Å². The molecule has 0 saturated carbocycles. The summed E-state index contributed by atoms with van der Waals surface area (Å²) in [5.41, 5.74) is 2.03. The fourth-order valence-electron chi connectivity index (χ4n) is 2.20. The number of hydrogen-bond acceptors (Lipinski definition) is 2. The SMILES string of the molecule is Br.C[N+](C)(CCc1ccccc1)CC([O-])=Nc1ccccc1. The predicted molar refractivity (Wildman–Crippen MR) is 95.8 cm³/mol. The van der Waals surface area contributed by atoms with Gasteiger partial charge in [0.05, 0.1) is 26.3 Å². The monoisotopic (exact) mass is 362 g/mol. The zero-order chi connectivity index (χ0) is 15.1. The Bertz CT molecular complexity index is 583. The fraction of sp³-hybridized carbons (Fsp3) is 0.278. The molecule has 3 nitrogen and oxygen atoms in total. The molecule has 2 aromatic carbocycles. The maximum absolute atomic E-state index is 12.1. The molecule has 4 heteroatoms. The van der Waals surface area contributed by atoms with Crippen LogP contribution in [0, 0.1) is 0 Å². The highest BCUT2D eigenvalue weighted by atomic mass is 79.9. The summed E-state index contributed by atoms with van der Waals surface area (Å²) in [6, 6.07) is 19.8. The molecule has 0 N–H and O–H groups in total. The van der Waals surface area contributed by atoms with E-state index in [1.54, 1.807) is 0 Å². The summed E-state index contributed by atoms with van der Waals surface area (Å²) in [6.07, 6.45) is 0.965. The van der Waals surface area contributed by atoms with Gasteiger partial charge >= 0.3 is 0 Å². The van der Waals surface area contributed by atoms with Gasteiger partial charge in [0.15, 0.2) is 0 Å². The first-order chi connectivity index (χ1) is 10.1. The molecule has 0 saturated heterocycles. The summed E-state index contributed by atoms with van der Waals surface area (Å²) in [4.78, 5) is 4.14. The minimum absolute atomic E-state index is 0. The van der Waals surface area contributed by atoms with Crippen molar-refractivity contribution < 1.29 is 9.59 Å². The number of rotatable bonds is 6. The molecule has 0 spiro atoms. The molecule has 0 radical (unpaired) electrons. The van der Waals surface area contributed by atoms with Crippen LogP contribution in [0.2, 0.25) is 0 Å². The quantitative estimate of drug-likeness (QED) is 0.442. The molecule has 2 aromatic rings. The van der Waals surface area contributed by atoms with Crippen molar-refractivity contribution in [3.8, 4) is 0 Å². The van der Waals surface area contributed by atoms with Gasteiger partial charge in [0, 0.05) is 12.3 Å². The van der Waals surface area contributed by atoms with E-state index in [1.165, 1.54) is 5.56 Å². The molecule has 0 bridgehead atoms. The van der Waals surface area contributed by atoms with E-state index in [-0.39, 0.29) is 22.9 Å². The van der Waals surface area contributed by atoms with E-state index in [1.807, 2.05) is 48.5 Å². The van der Waals surface area contributed by atoms with Crippen molar-refractivity contribution >= 4 is 28.6 Å². The van der Waals surface area contributed by atoms with Crippen LogP contribution in [-0.4, -0.2) is 37.6 Å². The Balaban J connectivity index is 0.00000242. The number of aliphatic imine (C=N–C) groups is 1. The molecular weight excluding hydrogens is 340 g/mol. The zero-order valence-electron chi connectivity index (χ0n) is 13.1. The van der Waals surface area contributed by atoms with Gasteiger partial charge in [-0.1, -0.05) is 48.5 Å². The van der Waals surface area contributed by atoms with E-state index in [9.17, 15) is 5.11 Å². The first-order valence-electron chi connectivity index (χ1n) is 7.21. The molecular formula is C18H23BrN2O. The molecule has 0 aliphatic rings. The Kier molecular flexibility index (Phi) is 7.28. The van der Waals surface area contributed by atoms with Crippen molar-refractivity contribution in [2.75, 3.05) is 27.2 Å². The second-order valence-electron chi connectivity index (χ2n) is 5.89. The number of quaternary nitrogens is 1. The second kappa shape index (κ2) is 8.71. The van der Waals surface area contributed by atoms with Gasteiger partial charge in [0.1, 0.15) is 6.54 Å². The molecule has 0 atom stereocenters. The summed E-state index contributed by atoms with van der Waals surface area (Å²) in [7, 11) is 4.14. The third-order valence-electron chi connectivity index (χ3n) is 3.42. The smallest absolute Gasteiger partial charge is 0.107 e. The lowest BCUT2D eigenvalue weighted by atomic mass is 10.1. The average Bonchev–Trinajstić information content (AvgIpc) is 2.47. The lowest BCUT2D eigenvalue weighted by Gasteiger charge is -2.32. The van der Waals surface area contributed by atoms with Crippen LogP contribution in [0.15, 0.2) is 65.7 Å². The van der Waals surface area contributed by atoms with E-state index in [0.717, 1.165) is 18.7 Å². The Morgan fingerprint density at radius 3 is 2.09 bits per heavy atom. The van der Waals surface area contributed by atoms with Gasteiger partial charge in [0.2, 0.25) is 0 Å². The lowest BCUT2D eigenvalue weighted by Crippen LogP contribution is -2.48. The van der Waals surface area contributed by atoms with Crippen LogP contribution in [0.1, 0.15) is 5.56 Å². The van der Waals surface area contributed by atoms with Gasteiger partial charge in [-0.05, 0) is 17.7 Å². The van der Waals surface area contributed by atoms with E-state index >= 15 is 0 Å². The third-order valence-corrected chi connectivity index (χ3v) is 3.42. The molecule has 0 heterocycles. The van der Waals surface area contributed by atoms with E-state index in [4.69, 9.17) is 0 Å². The van der Waals surface area contributed by atoms with Gasteiger partial charge < -0.3 is 9.59 Å². The second-order valence-corrected chi connectivity index (χ2v) is 5.89. The Labute approximate surface area is 143 Å². The standard InChI is InChI=1S/C18H22N2O.BrH/c1-20(2,14-13-16-9-5-3-6-10-16)15-18(21)19-17-11-7-4-8-12-17;/h3-12H,13-15H2,1-2H3;1H. The highest BCUT2D eigenvalue weighted by Crippen LogP contribution is 2.10. The van der Waals surface area contributed by atoms with Crippen molar-refractivity contribution in [1.82, 2.24) is 0 Å². The molecule has 0 aromatic heterocycles. The first kappa shape index (κ1) is 18.4. The third kappa shape index (κ3) is 6.41. The number of para-hydroxylation sites is 1. The number of halogens is 1. The molecule has 0 unspecified atom stereocenters. The summed E-state index contributed by atoms with van der Waals surface area (Å²) >= 11 is 0. The van der Waals surface area contributed by atoms with Gasteiger partial charge in [-0.3, -0.25) is 4.99 Å². The van der Waals surface area contributed by atoms with E-state index in [0.29, 0.717) is 11.0 Å². The van der Waals surface area contributed by atoms with Crippen LogP contribution in [0.4, 0.5) is 5.69 Å². The Morgan fingerprint density at radius 2 is 1.50 bits per heavy atom. The number of likely N-dealkylation sites (N-methyl/N-ethyl adjacent to an activating group) is 1. The van der Waals surface area contributed by atoms with Crippen molar-refractivity contribution in [2.45, 2.75) is 6.42 Å². The number of hydrogen-bond donors (Lipinski definition) is 0. The summed E-state index contributed by atoms with van der Waals surface area (Å²) < 4.78 is 0.643. The highest BCUT2D eigenvalue weighted by molar-refractivity contribution is 8.93. The van der Waals surface area contributed by atoms with Gasteiger partial charge in [-0.15, -0.1) is 17.0 Å². The van der Waals surface area contributed by atoms with Crippen LogP contribution >= 0.6 is 17.0 Å². The van der Waals surface area contributed by atoms with Gasteiger partial charge in [-0.2, -0.15) is 0 Å². The largest absolute Gasteiger partial charge is 0.858 e. The van der Waals surface area contributed by atoms with Gasteiger partial charge in [-0.25, -0.2) is 0 Å². The number of nitrogens with zero attached hydrogens (tertiary/aromatic N) is 2. The van der Waals surface area contributed by atoms with Crippen LogP contribution < -0.4 is 5.11 Å². The van der Waals surface area contributed by atoms with E-state index < -0.39 is 0 Å². The maximum Gasteiger partial charge on any atom is 0.107 e. The van der Waals surface area contributed by atoms with Crippen LogP contribution in [0.5, 0.6) is 0 Å². The fourth-order valence-corrected chi connectivity index (χ4v) is 2.20. The summed E-state index contributed by atoms with van der Waals surface area (Å²) in [5, 5.41) is 12.1. The van der Waals surface area contributed by atoms with Crippen LogP contribution in [0.3, 0.4) is 0 Å². The topological polar surface area (TPSA) is 35.4 Å². The van der Waals surface area contributed by atoms with E-state index in [2.05, 4.69) is 31.2 Å². The summed E-state index contributed by atoms with van der Waals surface area (Å²) in [6.45, 7) is 1.34. The zero-order valence-corrected chi connectivity index (χ0v) is 14.8. The molecule has 0 aliphatic heterocycles. The van der Waals surface area contributed by atoms with Crippen molar-refractivity contribution in [1.29, 1.82) is 0 Å². The molecule has 0 fully saturated rings. The minimum atomic E-state index is -0.0701. The normalized spacial score (nSPS) is 11.8. The van der Waals surface area contributed by atoms with Crippen LogP contribution in [-0.2, 0) is 6.42 Å². The van der Waals surface area contributed by atoms with Crippen molar-refractivity contribution in [3.63, 3.8) is 0 Å². The van der Waals surface area contributed by atoms with Gasteiger partial charge in [0.25, 0.3) is 0 Å². The lowest BCUT2D eigenvalue weighted by molar-refractivity contribution is -0.883. The Morgan fingerprint density at radius 1 is 0.955 bits per heavy atom. The molecule has 118 valence electrons.